The Balaban J connectivity index is 1.89. The van der Waals surface area contributed by atoms with Crippen LogP contribution in [0.4, 0.5) is 0 Å². The second-order valence-corrected chi connectivity index (χ2v) is 4.86. The van der Waals surface area contributed by atoms with Crippen LogP contribution >= 0.6 is 11.7 Å². The van der Waals surface area contributed by atoms with Crippen molar-refractivity contribution in [3.8, 4) is 11.8 Å². The van der Waals surface area contributed by atoms with E-state index in [2.05, 4.69) is 15.7 Å². The van der Waals surface area contributed by atoms with Crippen molar-refractivity contribution in [1.82, 2.24) is 8.75 Å². The van der Waals surface area contributed by atoms with E-state index >= 15 is 0 Å². The van der Waals surface area contributed by atoms with Gasteiger partial charge in [-0.15, -0.1) is 8.75 Å². The lowest BCUT2D eigenvalue weighted by Gasteiger charge is -2.16. The quantitative estimate of drug-likeness (QED) is 0.789. The zero-order valence-corrected chi connectivity index (χ0v) is 10.9. The summed E-state index contributed by atoms with van der Waals surface area (Å²) in [4.78, 5) is 0. The van der Waals surface area contributed by atoms with Gasteiger partial charge in [-0.2, -0.15) is 0 Å². The first kappa shape index (κ1) is 12.6. The molecule has 0 amide bonds. The molecule has 0 saturated heterocycles. The highest BCUT2D eigenvalue weighted by molar-refractivity contribution is 6.99. The lowest BCUT2D eigenvalue weighted by Crippen LogP contribution is -2.33. The molecule has 17 heavy (non-hydrogen) atoms. The second-order valence-electron chi connectivity index (χ2n) is 4.33. The molecule has 1 unspecified atom stereocenters. The van der Waals surface area contributed by atoms with Crippen LogP contribution in [0.25, 0.3) is 0 Å². The summed E-state index contributed by atoms with van der Waals surface area (Å²) in [5, 5.41) is 0. The number of hydrogen-bond donors (Lipinski definition) is 1. The molecule has 96 valence electrons. The number of ether oxygens (including phenoxy) is 2. The zero-order valence-electron chi connectivity index (χ0n) is 10.1. The first-order chi connectivity index (χ1) is 8.31. The predicted octanol–water partition coefficient (Wildman–Crippen LogP) is 1.98. The molecule has 0 bridgehead atoms. The topological polar surface area (TPSA) is 70.3 Å². The highest BCUT2D eigenvalue weighted by Crippen LogP contribution is 2.29. The third kappa shape index (κ3) is 3.29. The molecule has 0 spiro atoms. The molecule has 1 fully saturated rings. The Morgan fingerprint density at radius 3 is 2.88 bits per heavy atom. The van der Waals surface area contributed by atoms with Gasteiger partial charge in [0.1, 0.15) is 6.10 Å². The van der Waals surface area contributed by atoms with Crippen molar-refractivity contribution in [2.75, 3.05) is 6.61 Å². The van der Waals surface area contributed by atoms with Gasteiger partial charge in [0, 0.05) is 6.04 Å². The van der Waals surface area contributed by atoms with E-state index < -0.39 is 0 Å². The Labute approximate surface area is 106 Å². The average Bonchev–Trinajstić information content (AvgIpc) is 2.91. The summed E-state index contributed by atoms with van der Waals surface area (Å²) in [5.41, 5.74) is 5.96. The third-order valence-corrected chi connectivity index (χ3v) is 3.43. The van der Waals surface area contributed by atoms with E-state index in [1.54, 1.807) is 0 Å². The molecule has 2 rings (SSSR count). The van der Waals surface area contributed by atoms with E-state index in [9.17, 15) is 0 Å². The molecule has 1 aromatic rings. The number of hydrogen-bond acceptors (Lipinski definition) is 6. The van der Waals surface area contributed by atoms with Gasteiger partial charge >= 0.3 is 0 Å². The maximum atomic E-state index is 5.96. The maximum absolute atomic E-state index is 5.96. The van der Waals surface area contributed by atoms with Gasteiger partial charge in [-0.1, -0.05) is 13.3 Å². The fourth-order valence-corrected chi connectivity index (χ4v) is 2.33. The minimum atomic E-state index is 0.0624. The van der Waals surface area contributed by atoms with Gasteiger partial charge in [0.25, 0.3) is 11.8 Å². The molecule has 2 atom stereocenters. The lowest BCUT2D eigenvalue weighted by atomic mass is 10.2. The maximum Gasteiger partial charge on any atom is 0.291 e. The number of aromatic nitrogens is 2. The van der Waals surface area contributed by atoms with Crippen LogP contribution in [0.2, 0.25) is 0 Å². The molecule has 2 N–H and O–H groups in total. The number of rotatable bonds is 6. The first-order valence-electron chi connectivity index (χ1n) is 6.19. The smallest absolute Gasteiger partial charge is 0.291 e. The molecule has 1 aromatic heterocycles. The van der Waals surface area contributed by atoms with Crippen LogP contribution in [0.15, 0.2) is 0 Å². The van der Waals surface area contributed by atoms with Crippen molar-refractivity contribution in [2.24, 2.45) is 5.73 Å². The highest BCUT2D eigenvalue weighted by Gasteiger charge is 2.27. The normalized spacial score (nSPS) is 23.9. The third-order valence-electron chi connectivity index (χ3n) is 2.93. The zero-order chi connectivity index (χ0) is 12.1. The van der Waals surface area contributed by atoms with Crippen molar-refractivity contribution in [3.63, 3.8) is 0 Å². The average molecular weight is 257 g/mol. The summed E-state index contributed by atoms with van der Waals surface area (Å²) in [6, 6.07) is 0.111. The van der Waals surface area contributed by atoms with E-state index in [0.717, 1.165) is 43.8 Å². The second kappa shape index (κ2) is 6.16. The van der Waals surface area contributed by atoms with Crippen LogP contribution in [0.1, 0.15) is 39.0 Å². The summed E-state index contributed by atoms with van der Waals surface area (Å²) in [7, 11) is 0. The Morgan fingerprint density at radius 1 is 1.35 bits per heavy atom. The molecule has 1 aliphatic rings. The van der Waals surface area contributed by atoms with Crippen molar-refractivity contribution in [3.05, 3.63) is 0 Å². The van der Waals surface area contributed by atoms with E-state index in [-0.39, 0.29) is 12.1 Å². The Morgan fingerprint density at radius 2 is 2.18 bits per heavy atom. The van der Waals surface area contributed by atoms with E-state index in [1.807, 2.05) is 0 Å². The van der Waals surface area contributed by atoms with Crippen LogP contribution in [-0.4, -0.2) is 27.5 Å². The molecule has 6 heteroatoms. The van der Waals surface area contributed by atoms with Crippen molar-refractivity contribution >= 4 is 11.7 Å². The number of unbranched alkanes of at least 4 members (excludes halogenated alkanes) is 1. The van der Waals surface area contributed by atoms with Crippen LogP contribution < -0.4 is 15.2 Å². The molecular weight excluding hydrogens is 238 g/mol. The van der Waals surface area contributed by atoms with Gasteiger partial charge in [-0.05, 0) is 25.7 Å². The predicted molar refractivity (Wildman–Crippen MR) is 66.6 cm³/mol. The van der Waals surface area contributed by atoms with Gasteiger partial charge in [0.2, 0.25) is 0 Å². The Kier molecular flexibility index (Phi) is 4.56. The van der Waals surface area contributed by atoms with Crippen molar-refractivity contribution < 1.29 is 9.47 Å². The van der Waals surface area contributed by atoms with Crippen LogP contribution in [0.3, 0.4) is 0 Å². The van der Waals surface area contributed by atoms with Crippen molar-refractivity contribution in [2.45, 2.75) is 51.2 Å². The summed E-state index contributed by atoms with van der Waals surface area (Å²) in [6.45, 7) is 2.78. The van der Waals surface area contributed by atoms with Gasteiger partial charge in [-0.25, -0.2) is 0 Å². The molecule has 1 aliphatic carbocycles. The van der Waals surface area contributed by atoms with E-state index in [1.165, 1.54) is 0 Å². The van der Waals surface area contributed by atoms with Gasteiger partial charge in [-0.3, -0.25) is 0 Å². The number of nitrogens with zero attached hydrogens (tertiary/aromatic N) is 2. The minimum absolute atomic E-state index is 0.0624. The molecule has 1 saturated carbocycles. The van der Waals surface area contributed by atoms with Crippen LogP contribution in [0.5, 0.6) is 11.8 Å². The van der Waals surface area contributed by atoms with E-state index in [4.69, 9.17) is 15.2 Å². The standard InChI is InChI=1S/C11H19N3O2S/c1-2-3-7-15-10-11(14-17-13-10)16-9-6-4-5-8(9)12/h8-9H,2-7,12H2,1H3/t8?,9-/m1/s1. The SMILES string of the molecule is CCCCOc1nsnc1O[C@@H]1CCCC1N. The lowest BCUT2D eigenvalue weighted by molar-refractivity contribution is 0.172. The fourth-order valence-electron chi connectivity index (χ4n) is 1.89. The Bertz CT molecular complexity index is 345. The summed E-state index contributed by atoms with van der Waals surface area (Å²) in [5.74, 6) is 1.02. The summed E-state index contributed by atoms with van der Waals surface area (Å²) < 4.78 is 19.5. The molecule has 1 heterocycles. The largest absolute Gasteiger partial charge is 0.473 e. The minimum Gasteiger partial charge on any atom is -0.473 e. The summed E-state index contributed by atoms with van der Waals surface area (Å²) in [6.07, 6.45) is 5.31. The Hall–Kier alpha value is -0.880. The van der Waals surface area contributed by atoms with E-state index in [0.29, 0.717) is 18.4 Å². The highest BCUT2D eigenvalue weighted by atomic mass is 32.1. The molecule has 0 radical (unpaired) electrons. The van der Waals surface area contributed by atoms with Crippen LogP contribution in [0, 0.1) is 0 Å². The van der Waals surface area contributed by atoms with Gasteiger partial charge < -0.3 is 15.2 Å². The van der Waals surface area contributed by atoms with Gasteiger partial charge in [0.05, 0.1) is 18.3 Å². The van der Waals surface area contributed by atoms with Crippen molar-refractivity contribution in [1.29, 1.82) is 0 Å². The molecule has 5 nitrogen and oxygen atoms in total. The fraction of sp³-hybridized carbons (Fsp3) is 0.818. The number of nitrogens with two attached hydrogens (primary N) is 1. The first-order valence-corrected chi connectivity index (χ1v) is 6.92. The van der Waals surface area contributed by atoms with Gasteiger partial charge in [0.15, 0.2) is 0 Å². The monoisotopic (exact) mass is 257 g/mol. The van der Waals surface area contributed by atoms with Crippen LogP contribution in [-0.2, 0) is 0 Å². The molecular formula is C11H19N3O2S. The molecule has 0 aromatic carbocycles. The summed E-state index contributed by atoms with van der Waals surface area (Å²) >= 11 is 1.12. The molecule has 0 aliphatic heterocycles.